The summed E-state index contributed by atoms with van der Waals surface area (Å²) < 4.78 is 0. The van der Waals surface area contributed by atoms with Gasteiger partial charge in [0.05, 0.1) is 0 Å². The molecule has 0 aliphatic heterocycles. The predicted octanol–water partition coefficient (Wildman–Crippen LogP) is 1.43. The molecule has 1 N–H and O–H groups in total. The second-order valence-corrected chi connectivity index (χ2v) is 3.19. The average molecular weight is 173 g/mol. The molecule has 0 aliphatic carbocycles. The molecule has 1 amide bonds. The summed E-state index contributed by atoms with van der Waals surface area (Å²) in [5, 5.41) is 2.77. The van der Waals surface area contributed by atoms with Crippen molar-refractivity contribution in [1.29, 1.82) is 0 Å². The number of carbonyl (C=O) groups is 1. The van der Waals surface area contributed by atoms with Crippen LogP contribution in [0.3, 0.4) is 0 Å². The molecule has 0 saturated carbocycles. The zero-order valence-electron chi connectivity index (χ0n) is 7.14. The summed E-state index contributed by atoms with van der Waals surface area (Å²) >= 11 is 1.72. The fraction of sp³-hybridized carbons (Fsp3) is 0.625. The molecule has 0 saturated heterocycles. The van der Waals surface area contributed by atoms with E-state index in [0.29, 0.717) is 5.57 Å². The summed E-state index contributed by atoms with van der Waals surface area (Å²) in [6.07, 6.45) is 2.74. The number of hydrogen-bond acceptors (Lipinski definition) is 2. The topological polar surface area (TPSA) is 29.1 Å². The van der Waals surface area contributed by atoms with Crippen LogP contribution in [-0.4, -0.2) is 24.5 Å². The van der Waals surface area contributed by atoms with Crippen molar-refractivity contribution in [2.45, 2.75) is 13.3 Å². The summed E-state index contributed by atoms with van der Waals surface area (Å²) in [4.78, 5) is 11.0. The van der Waals surface area contributed by atoms with Crippen molar-refractivity contribution in [2.75, 3.05) is 18.6 Å². The van der Waals surface area contributed by atoms with Crippen molar-refractivity contribution in [3.05, 3.63) is 12.2 Å². The van der Waals surface area contributed by atoms with Gasteiger partial charge in [-0.2, -0.15) is 11.8 Å². The van der Waals surface area contributed by atoms with Crippen LogP contribution in [0.4, 0.5) is 0 Å². The van der Waals surface area contributed by atoms with E-state index < -0.39 is 0 Å². The Hall–Kier alpha value is -0.440. The number of hydrogen-bond donors (Lipinski definition) is 1. The van der Waals surface area contributed by atoms with Crippen LogP contribution in [0.1, 0.15) is 13.3 Å². The first kappa shape index (κ1) is 10.6. The second-order valence-electron chi connectivity index (χ2n) is 2.21. The summed E-state index contributed by atoms with van der Waals surface area (Å²) in [6.45, 7) is 6.30. The molecular weight excluding hydrogens is 158 g/mol. The Balaban J connectivity index is 3.44. The first-order valence-corrected chi connectivity index (χ1v) is 5.06. The zero-order valence-corrected chi connectivity index (χ0v) is 7.96. The third-order valence-corrected chi connectivity index (χ3v) is 1.95. The van der Waals surface area contributed by atoms with Gasteiger partial charge in [0.15, 0.2) is 0 Å². The highest BCUT2D eigenvalue weighted by Gasteiger charge is 2.01. The third-order valence-electron chi connectivity index (χ3n) is 1.34. The largest absolute Gasteiger partial charge is 0.352 e. The second kappa shape index (κ2) is 6.28. The Bertz CT molecular complexity index is 145. The minimum absolute atomic E-state index is 0.0125. The molecule has 0 unspecified atom stereocenters. The average Bonchev–Trinajstić information content (AvgIpc) is 2.03. The standard InChI is InChI=1S/C8H15NOS/c1-4-7(2)8(10)9-5-6-11-3/h2,4-6H2,1,3H3,(H,9,10). The van der Waals surface area contributed by atoms with E-state index in [2.05, 4.69) is 11.9 Å². The van der Waals surface area contributed by atoms with Crippen LogP contribution in [-0.2, 0) is 4.79 Å². The first-order chi connectivity index (χ1) is 5.22. The van der Waals surface area contributed by atoms with Crippen molar-refractivity contribution in [3.8, 4) is 0 Å². The Morgan fingerprint density at radius 3 is 2.73 bits per heavy atom. The molecule has 0 radical (unpaired) electrons. The van der Waals surface area contributed by atoms with Crippen LogP contribution in [0.5, 0.6) is 0 Å². The molecule has 0 aromatic carbocycles. The molecule has 0 aromatic rings. The maximum atomic E-state index is 11.0. The van der Waals surface area contributed by atoms with Gasteiger partial charge in [-0.05, 0) is 12.7 Å². The molecule has 0 aliphatic rings. The molecule has 3 heteroatoms. The third kappa shape index (κ3) is 4.90. The molecule has 64 valence electrons. The van der Waals surface area contributed by atoms with E-state index in [1.165, 1.54) is 0 Å². The molecule has 0 heterocycles. The Kier molecular flexibility index (Phi) is 6.03. The molecule has 0 atom stereocenters. The van der Waals surface area contributed by atoms with Crippen LogP contribution in [0.2, 0.25) is 0 Å². The quantitative estimate of drug-likeness (QED) is 0.503. The Morgan fingerprint density at radius 2 is 2.27 bits per heavy atom. The lowest BCUT2D eigenvalue weighted by Gasteiger charge is -2.03. The van der Waals surface area contributed by atoms with E-state index >= 15 is 0 Å². The van der Waals surface area contributed by atoms with Crippen molar-refractivity contribution in [2.24, 2.45) is 0 Å². The zero-order chi connectivity index (χ0) is 8.69. The van der Waals surface area contributed by atoms with Crippen molar-refractivity contribution >= 4 is 17.7 Å². The van der Waals surface area contributed by atoms with Gasteiger partial charge >= 0.3 is 0 Å². The highest BCUT2D eigenvalue weighted by Crippen LogP contribution is 1.95. The number of amides is 1. The Labute approximate surface area is 72.4 Å². The molecule has 2 nitrogen and oxygen atoms in total. The summed E-state index contributed by atoms with van der Waals surface area (Å²) in [6, 6.07) is 0. The minimum atomic E-state index is -0.0125. The molecule has 11 heavy (non-hydrogen) atoms. The number of thioether (sulfide) groups is 1. The van der Waals surface area contributed by atoms with Crippen LogP contribution < -0.4 is 5.32 Å². The molecular formula is C8H15NOS. The van der Waals surface area contributed by atoms with E-state index in [-0.39, 0.29) is 5.91 Å². The molecule has 0 aromatic heterocycles. The van der Waals surface area contributed by atoms with Gasteiger partial charge in [-0.25, -0.2) is 0 Å². The van der Waals surface area contributed by atoms with Gasteiger partial charge in [0.2, 0.25) is 5.91 Å². The number of carbonyl (C=O) groups excluding carboxylic acids is 1. The summed E-state index contributed by atoms with van der Waals surface area (Å²) in [7, 11) is 0. The van der Waals surface area contributed by atoms with Gasteiger partial charge in [0, 0.05) is 17.9 Å². The van der Waals surface area contributed by atoms with Gasteiger partial charge < -0.3 is 5.32 Å². The van der Waals surface area contributed by atoms with E-state index in [9.17, 15) is 4.79 Å². The van der Waals surface area contributed by atoms with Gasteiger partial charge in [-0.3, -0.25) is 4.79 Å². The van der Waals surface area contributed by atoms with E-state index in [1.54, 1.807) is 11.8 Å². The SMILES string of the molecule is C=C(CC)C(=O)NCCSC. The van der Waals surface area contributed by atoms with E-state index in [1.807, 2.05) is 13.2 Å². The van der Waals surface area contributed by atoms with Gasteiger partial charge in [0.25, 0.3) is 0 Å². The van der Waals surface area contributed by atoms with Gasteiger partial charge in [-0.15, -0.1) is 0 Å². The maximum absolute atomic E-state index is 11.0. The van der Waals surface area contributed by atoms with Crippen molar-refractivity contribution in [1.82, 2.24) is 5.32 Å². The summed E-state index contributed by atoms with van der Waals surface area (Å²) in [5.41, 5.74) is 0.658. The number of nitrogens with one attached hydrogen (secondary N) is 1. The highest BCUT2D eigenvalue weighted by molar-refractivity contribution is 7.98. The monoisotopic (exact) mass is 173 g/mol. The van der Waals surface area contributed by atoms with E-state index in [0.717, 1.165) is 18.7 Å². The molecule has 0 spiro atoms. The fourth-order valence-corrected chi connectivity index (χ4v) is 0.858. The summed E-state index contributed by atoms with van der Waals surface area (Å²) in [5.74, 6) is 0.949. The van der Waals surface area contributed by atoms with Crippen LogP contribution in [0.25, 0.3) is 0 Å². The molecule has 0 fully saturated rings. The smallest absolute Gasteiger partial charge is 0.246 e. The molecule has 0 rings (SSSR count). The fourth-order valence-electron chi connectivity index (χ4n) is 0.552. The Morgan fingerprint density at radius 1 is 1.64 bits per heavy atom. The lowest BCUT2D eigenvalue weighted by atomic mass is 10.2. The lowest BCUT2D eigenvalue weighted by molar-refractivity contribution is -0.117. The van der Waals surface area contributed by atoms with Crippen molar-refractivity contribution < 1.29 is 4.79 Å². The molecule has 0 bridgehead atoms. The minimum Gasteiger partial charge on any atom is -0.352 e. The van der Waals surface area contributed by atoms with Crippen molar-refractivity contribution in [3.63, 3.8) is 0 Å². The normalized spacial score (nSPS) is 9.27. The maximum Gasteiger partial charge on any atom is 0.246 e. The highest BCUT2D eigenvalue weighted by atomic mass is 32.2. The first-order valence-electron chi connectivity index (χ1n) is 3.67. The van der Waals surface area contributed by atoms with E-state index in [4.69, 9.17) is 0 Å². The van der Waals surface area contributed by atoms with Gasteiger partial charge in [0.1, 0.15) is 0 Å². The number of rotatable bonds is 5. The predicted molar refractivity (Wildman–Crippen MR) is 50.8 cm³/mol. The van der Waals surface area contributed by atoms with Gasteiger partial charge in [-0.1, -0.05) is 13.5 Å². The van der Waals surface area contributed by atoms with Crippen LogP contribution in [0, 0.1) is 0 Å². The van der Waals surface area contributed by atoms with Crippen LogP contribution in [0.15, 0.2) is 12.2 Å². The van der Waals surface area contributed by atoms with Crippen LogP contribution >= 0.6 is 11.8 Å². The lowest BCUT2D eigenvalue weighted by Crippen LogP contribution is -2.26.